The molecule has 2 aliphatic heterocycles. The number of benzene rings is 1. The maximum Gasteiger partial charge on any atom is 0.257 e. The monoisotopic (exact) mass is 383 g/mol. The van der Waals surface area contributed by atoms with E-state index >= 15 is 0 Å². The molecular formula is C21H22FN3O3. The van der Waals surface area contributed by atoms with Crippen LogP contribution in [0.2, 0.25) is 0 Å². The number of fused-ring (bicyclic) bond motifs is 1. The molecule has 0 N–H and O–H groups in total. The fourth-order valence-corrected chi connectivity index (χ4v) is 4.13. The van der Waals surface area contributed by atoms with E-state index in [1.807, 2.05) is 35.2 Å². The van der Waals surface area contributed by atoms with Crippen LogP contribution in [0.15, 0.2) is 48.8 Å². The molecule has 2 fully saturated rings. The Labute approximate surface area is 162 Å². The number of halogens is 1. The Bertz CT molecular complexity index is 876. The summed E-state index contributed by atoms with van der Waals surface area (Å²) in [5, 5.41) is 0. The van der Waals surface area contributed by atoms with Crippen molar-refractivity contribution in [2.75, 3.05) is 20.2 Å². The van der Waals surface area contributed by atoms with Gasteiger partial charge in [0.2, 0.25) is 5.91 Å². The van der Waals surface area contributed by atoms with E-state index in [-0.39, 0.29) is 23.6 Å². The Morgan fingerprint density at radius 3 is 2.75 bits per heavy atom. The third-order valence-electron chi connectivity index (χ3n) is 5.60. The number of hydrogen-bond donors (Lipinski definition) is 0. The van der Waals surface area contributed by atoms with Crippen LogP contribution in [0.1, 0.15) is 22.3 Å². The Kier molecular flexibility index (Phi) is 5.09. The largest absolute Gasteiger partial charge is 0.380 e. The van der Waals surface area contributed by atoms with E-state index in [9.17, 15) is 14.0 Å². The van der Waals surface area contributed by atoms with Crippen LogP contribution < -0.4 is 0 Å². The maximum absolute atomic E-state index is 14.2. The number of amides is 2. The van der Waals surface area contributed by atoms with Gasteiger partial charge in [-0.25, -0.2) is 4.39 Å². The summed E-state index contributed by atoms with van der Waals surface area (Å²) in [5.41, 5.74) is 0.894. The van der Waals surface area contributed by atoms with Crippen LogP contribution in [-0.4, -0.2) is 65.0 Å². The van der Waals surface area contributed by atoms with Gasteiger partial charge in [0.05, 0.1) is 23.9 Å². The van der Waals surface area contributed by atoms with Gasteiger partial charge in [0.15, 0.2) is 5.82 Å². The van der Waals surface area contributed by atoms with Crippen molar-refractivity contribution in [2.24, 2.45) is 0 Å². The van der Waals surface area contributed by atoms with Crippen LogP contribution in [0.3, 0.4) is 0 Å². The van der Waals surface area contributed by atoms with Gasteiger partial charge >= 0.3 is 0 Å². The molecule has 2 amide bonds. The van der Waals surface area contributed by atoms with Crippen molar-refractivity contribution in [3.05, 3.63) is 65.7 Å². The Morgan fingerprint density at radius 1 is 1.25 bits per heavy atom. The fourth-order valence-electron chi connectivity index (χ4n) is 4.13. The molecule has 3 heterocycles. The van der Waals surface area contributed by atoms with Gasteiger partial charge in [-0.05, 0) is 18.1 Å². The average Bonchev–Trinajstić information content (AvgIpc) is 3.14. The van der Waals surface area contributed by atoms with E-state index in [1.54, 1.807) is 7.11 Å². The quantitative estimate of drug-likeness (QED) is 0.809. The van der Waals surface area contributed by atoms with Crippen molar-refractivity contribution >= 4 is 11.8 Å². The zero-order valence-corrected chi connectivity index (χ0v) is 15.6. The van der Waals surface area contributed by atoms with Crippen molar-refractivity contribution in [3.63, 3.8) is 0 Å². The number of ether oxygens (including phenoxy) is 1. The summed E-state index contributed by atoms with van der Waals surface area (Å²) in [6.45, 7) is 0.890. The van der Waals surface area contributed by atoms with Crippen LogP contribution in [0.25, 0.3) is 0 Å². The average molecular weight is 383 g/mol. The molecule has 1 aromatic heterocycles. The highest BCUT2D eigenvalue weighted by atomic mass is 19.1. The topological polar surface area (TPSA) is 62.7 Å². The molecule has 3 atom stereocenters. The smallest absolute Gasteiger partial charge is 0.257 e. The molecule has 7 heteroatoms. The number of rotatable bonds is 4. The first-order chi connectivity index (χ1) is 13.6. The number of aromatic nitrogens is 1. The van der Waals surface area contributed by atoms with Gasteiger partial charge in [0, 0.05) is 32.8 Å². The van der Waals surface area contributed by atoms with Gasteiger partial charge in [-0.3, -0.25) is 14.6 Å². The van der Waals surface area contributed by atoms with E-state index in [0.717, 1.165) is 11.8 Å². The third-order valence-corrected chi connectivity index (χ3v) is 5.60. The number of pyridine rings is 1. The summed E-state index contributed by atoms with van der Waals surface area (Å²) < 4.78 is 19.6. The van der Waals surface area contributed by atoms with Crippen LogP contribution in [-0.2, 0) is 16.0 Å². The summed E-state index contributed by atoms with van der Waals surface area (Å²) >= 11 is 0. The molecule has 2 aliphatic rings. The molecule has 0 unspecified atom stereocenters. The molecule has 28 heavy (non-hydrogen) atoms. The molecule has 4 rings (SSSR count). The van der Waals surface area contributed by atoms with Gasteiger partial charge in [-0.15, -0.1) is 0 Å². The van der Waals surface area contributed by atoms with Gasteiger partial charge in [-0.1, -0.05) is 30.3 Å². The number of hydrogen-bond acceptors (Lipinski definition) is 4. The number of methoxy groups -OCH3 is 1. The second-order valence-electron chi connectivity index (χ2n) is 7.26. The second kappa shape index (κ2) is 7.67. The summed E-state index contributed by atoms with van der Waals surface area (Å²) in [7, 11) is 1.63. The molecule has 6 nitrogen and oxygen atoms in total. The minimum Gasteiger partial charge on any atom is -0.380 e. The van der Waals surface area contributed by atoms with E-state index in [2.05, 4.69) is 4.98 Å². The predicted molar refractivity (Wildman–Crippen MR) is 100 cm³/mol. The second-order valence-corrected chi connectivity index (χ2v) is 7.26. The Morgan fingerprint density at radius 2 is 2.04 bits per heavy atom. The molecule has 1 aromatic carbocycles. The minimum atomic E-state index is -0.679. The molecular weight excluding hydrogens is 361 g/mol. The van der Waals surface area contributed by atoms with Crippen molar-refractivity contribution in [1.82, 2.24) is 14.8 Å². The fraction of sp³-hybridized carbons (Fsp3) is 0.381. The summed E-state index contributed by atoms with van der Waals surface area (Å²) in [6.07, 6.45) is 3.42. The van der Waals surface area contributed by atoms with Crippen molar-refractivity contribution < 1.29 is 18.7 Å². The maximum atomic E-state index is 14.2. The number of piperazine rings is 1. The molecule has 0 saturated carbocycles. The van der Waals surface area contributed by atoms with Crippen molar-refractivity contribution in [1.29, 1.82) is 0 Å². The molecule has 0 radical (unpaired) electrons. The van der Waals surface area contributed by atoms with Gasteiger partial charge < -0.3 is 14.5 Å². The highest BCUT2D eigenvalue weighted by molar-refractivity contribution is 5.98. The first kappa shape index (κ1) is 18.6. The number of nitrogens with zero attached hydrogens (tertiary/aromatic N) is 3. The zero-order chi connectivity index (χ0) is 19.7. The van der Waals surface area contributed by atoms with E-state index in [4.69, 9.17) is 4.74 Å². The lowest BCUT2D eigenvalue weighted by molar-refractivity contribution is -0.142. The molecule has 0 aliphatic carbocycles. The van der Waals surface area contributed by atoms with Gasteiger partial charge in [0.25, 0.3) is 5.91 Å². The van der Waals surface area contributed by atoms with Crippen molar-refractivity contribution in [3.8, 4) is 0 Å². The lowest BCUT2D eigenvalue weighted by atomic mass is 9.98. The van der Waals surface area contributed by atoms with Crippen LogP contribution >= 0.6 is 0 Å². The standard InChI is InChI=1S/C21H22FN3O3/c1-28-16-10-15-12-25(20(26)17-7-8-23-11-18(17)22)19(21(27)24(15)13-16)9-14-5-3-2-4-6-14/h2-8,11,15-16,19H,9-10,12-13H2,1H3/t15-,16-,19-/m0/s1. The molecule has 0 spiro atoms. The summed E-state index contributed by atoms with van der Waals surface area (Å²) in [5.74, 6) is -1.26. The zero-order valence-electron chi connectivity index (χ0n) is 15.6. The van der Waals surface area contributed by atoms with E-state index < -0.39 is 17.8 Å². The molecule has 2 saturated heterocycles. The van der Waals surface area contributed by atoms with Crippen LogP contribution in [0.4, 0.5) is 4.39 Å². The number of carbonyl (C=O) groups excluding carboxylic acids is 2. The first-order valence-corrected chi connectivity index (χ1v) is 9.36. The van der Waals surface area contributed by atoms with Crippen molar-refractivity contribution in [2.45, 2.75) is 31.0 Å². The lowest BCUT2D eigenvalue weighted by Crippen LogP contribution is -2.62. The lowest BCUT2D eigenvalue weighted by Gasteiger charge is -2.43. The molecule has 0 bridgehead atoms. The minimum absolute atomic E-state index is 0.0426. The highest BCUT2D eigenvalue weighted by Crippen LogP contribution is 2.30. The van der Waals surface area contributed by atoms with E-state index in [0.29, 0.717) is 25.9 Å². The Hall–Kier alpha value is -2.80. The summed E-state index contributed by atoms with van der Waals surface area (Å²) in [4.78, 5) is 33.5. The van der Waals surface area contributed by atoms with Gasteiger partial charge in [-0.2, -0.15) is 0 Å². The molecule has 2 aromatic rings. The van der Waals surface area contributed by atoms with Crippen LogP contribution in [0, 0.1) is 5.82 Å². The summed E-state index contributed by atoms with van der Waals surface area (Å²) in [6, 6.07) is 10.1. The van der Waals surface area contributed by atoms with Gasteiger partial charge in [0.1, 0.15) is 6.04 Å². The normalized spacial score (nSPS) is 24.4. The van der Waals surface area contributed by atoms with E-state index in [1.165, 1.54) is 17.2 Å². The predicted octanol–water partition coefficient (Wildman–Crippen LogP) is 1.90. The first-order valence-electron chi connectivity index (χ1n) is 9.36. The highest BCUT2D eigenvalue weighted by Gasteiger charge is 2.47. The van der Waals surface area contributed by atoms with Crippen LogP contribution in [0.5, 0.6) is 0 Å². The molecule has 146 valence electrons. The third kappa shape index (κ3) is 3.38. The number of carbonyl (C=O) groups is 2. The SMILES string of the molecule is CO[C@H]1C[C@H]2CN(C(=O)c3ccncc3F)[C@@H](Cc3ccccc3)C(=O)N2C1. The Balaban J connectivity index is 1.67.